The molecule has 2 aromatic rings. The second-order valence-electron chi connectivity index (χ2n) is 14.4. The number of fused-ring (bicyclic) bond motifs is 1. The number of hydrogen-bond donors (Lipinski definition) is 7. The zero-order valence-corrected chi connectivity index (χ0v) is 29.7. The number of hydrogen-bond acceptors (Lipinski definition) is 8. The van der Waals surface area contributed by atoms with Gasteiger partial charge in [0.05, 0.1) is 6.42 Å². The number of rotatable bonds is 10. The van der Waals surface area contributed by atoms with Crippen LogP contribution in [-0.4, -0.2) is 87.4 Å². The molecule has 15 nitrogen and oxygen atoms in total. The van der Waals surface area contributed by atoms with Crippen molar-refractivity contribution >= 4 is 52.4 Å². The van der Waals surface area contributed by atoms with Gasteiger partial charge in [0.2, 0.25) is 29.5 Å². The van der Waals surface area contributed by atoms with E-state index in [1.54, 1.807) is 40.8 Å². The smallest absolute Gasteiger partial charge is 0.308 e. The first-order valence-corrected chi connectivity index (χ1v) is 16.8. The predicted molar refractivity (Wildman–Crippen MR) is 183 cm³/mol. The van der Waals surface area contributed by atoms with Gasteiger partial charge in [-0.3, -0.25) is 33.6 Å². The molecule has 0 aliphatic carbocycles. The molecule has 3 rings (SSSR count). The summed E-state index contributed by atoms with van der Waals surface area (Å²) in [7, 11) is 0. The molecular formula is C35H50N6O9. The zero-order valence-electron chi connectivity index (χ0n) is 29.7. The Morgan fingerprint density at radius 2 is 1.34 bits per heavy atom. The van der Waals surface area contributed by atoms with Gasteiger partial charge in [-0.2, -0.15) is 0 Å². The molecule has 0 unspecified atom stereocenters. The summed E-state index contributed by atoms with van der Waals surface area (Å²) in [6.45, 7) is 12.0. The molecule has 5 atom stereocenters. The fraction of sp³-hybridized carbons (Fsp3) is 0.571. The number of H-pyrrole nitrogens is 1. The van der Waals surface area contributed by atoms with Crippen LogP contribution in [0.3, 0.4) is 0 Å². The molecule has 1 aromatic heterocycles. The first-order valence-electron chi connectivity index (χ1n) is 16.8. The molecular weight excluding hydrogens is 648 g/mol. The van der Waals surface area contributed by atoms with E-state index in [0.29, 0.717) is 5.56 Å². The highest BCUT2D eigenvalue weighted by Crippen LogP contribution is 2.20. The van der Waals surface area contributed by atoms with Gasteiger partial charge < -0.3 is 41.4 Å². The van der Waals surface area contributed by atoms with Gasteiger partial charge in [-0.1, -0.05) is 45.9 Å². The summed E-state index contributed by atoms with van der Waals surface area (Å²) < 4.78 is 5.41. The highest BCUT2D eigenvalue weighted by Gasteiger charge is 2.37. The summed E-state index contributed by atoms with van der Waals surface area (Å²) in [4.78, 5) is 96.5. The summed E-state index contributed by atoms with van der Waals surface area (Å²) in [6.07, 6.45) is 0.365. The van der Waals surface area contributed by atoms with Gasteiger partial charge in [-0.25, -0.2) is 0 Å². The van der Waals surface area contributed by atoms with Crippen LogP contribution < -0.4 is 26.6 Å². The van der Waals surface area contributed by atoms with Crippen LogP contribution in [0, 0.1) is 11.8 Å². The lowest BCUT2D eigenvalue weighted by molar-refractivity contribution is -0.156. The van der Waals surface area contributed by atoms with E-state index >= 15 is 0 Å². The molecule has 1 saturated heterocycles. The van der Waals surface area contributed by atoms with E-state index in [2.05, 4.69) is 31.6 Å². The average Bonchev–Trinajstić information content (AvgIpc) is 3.41. The molecule has 274 valence electrons. The molecule has 1 fully saturated rings. The summed E-state index contributed by atoms with van der Waals surface area (Å²) >= 11 is 0. The topological polar surface area (TPSA) is 225 Å². The Balaban J connectivity index is 2.12. The number of carbonyl (C=O) groups excluding carboxylic acids is 6. The summed E-state index contributed by atoms with van der Waals surface area (Å²) in [6, 6.07) is 0.769. The maximum absolute atomic E-state index is 14.1. The molecule has 5 amide bonds. The van der Waals surface area contributed by atoms with Crippen molar-refractivity contribution in [3.63, 3.8) is 0 Å². The minimum Gasteiger partial charge on any atom is -0.481 e. The van der Waals surface area contributed by atoms with E-state index in [4.69, 9.17) is 4.74 Å². The molecule has 0 saturated carbocycles. The Labute approximate surface area is 291 Å². The fourth-order valence-electron chi connectivity index (χ4n) is 5.60. The predicted octanol–water partition coefficient (Wildman–Crippen LogP) is 1.45. The maximum atomic E-state index is 14.1. The third-order valence-corrected chi connectivity index (χ3v) is 8.02. The Morgan fingerprint density at radius 3 is 1.96 bits per heavy atom. The van der Waals surface area contributed by atoms with Gasteiger partial charge in [0, 0.05) is 29.9 Å². The molecule has 1 aliphatic rings. The van der Waals surface area contributed by atoms with Crippen molar-refractivity contribution in [2.24, 2.45) is 11.8 Å². The van der Waals surface area contributed by atoms with Crippen molar-refractivity contribution in [3.8, 4) is 0 Å². The van der Waals surface area contributed by atoms with Crippen LogP contribution in [0.25, 0.3) is 10.9 Å². The van der Waals surface area contributed by atoms with Crippen LogP contribution in [-0.2, 0) is 44.7 Å². The monoisotopic (exact) mass is 698 g/mol. The number of carbonyl (C=O) groups is 7. The van der Waals surface area contributed by atoms with E-state index in [0.717, 1.165) is 10.9 Å². The second kappa shape index (κ2) is 17.1. The lowest BCUT2D eigenvalue weighted by Gasteiger charge is -2.28. The van der Waals surface area contributed by atoms with Crippen molar-refractivity contribution in [1.82, 2.24) is 31.6 Å². The lowest BCUT2D eigenvalue weighted by Crippen LogP contribution is -2.59. The largest absolute Gasteiger partial charge is 0.481 e. The minimum absolute atomic E-state index is 0.0272. The number of aromatic nitrogens is 1. The van der Waals surface area contributed by atoms with Crippen molar-refractivity contribution in [2.45, 2.75) is 116 Å². The molecule has 15 heteroatoms. The Kier molecular flexibility index (Phi) is 13.5. The molecule has 0 radical (unpaired) electrons. The van der Waals surface area contributed by atoms with Gasteiger partial charge in [0.25, 0.3) is 0 Å². The Morgan fingerprint density at radius 1 is 0.780 bits per heavy atom. The molecule has 0 spiro atoms. The van der Waals surface area contributed by atoms with Crippen molar-refractivity contribution in [2.75, 3.05) is 0 Å². The van der Waals surface area contributed by atoms with E-state index in [1.165, 1.54) is 0 Å². The standard InChI is InChI=1S/C35H50N6O9/c1-18(2)14-24-31(46)38-25(15-20-17-36-22-11-9-8-10-21(20)22)32(47)39-26(16-28(44)50-35(5,6)7)33(48)37-23(12-13-27(42)43)30(45)41-29(19(3)4)34(49)40-24/h8-11,17-19,23-26,29,36H,12-16H2,1-7H3,(H,37,48)(H,38,46)(H,39,47)(H,40,49)(H,41,45)(H,42,43)/t23-,24-,25+,26+,29+/m0/s1. The van der Waals surface area contributed by atoms with Gasteiger partial charge in [0.1, 0.15) is 35.8 Å². The van der Waals surface area contributed by atoms with E-state index in [1.807, 2.05) is 38.1 Å². The highest BCUT2D eigenvalue weighted by atomic mass is 16.6. The number of carboxylic acid groups (broad SMARTS) is 1. The molecule has 0 bridgehead atoms. The van der Waals surface area contributed by atoms with Crippen LogP contribution in [0.15, 0.2) is 30.5 Å². The maximum Gasteiger partial charge on any atom is 0.308 e. The number of amides is 5. The fourth-order valence-corrected chi connectivity index (χ4v) is 5.60. The van der Waals surface area contributed by atoms with Crippen molar-refractivity contribution < 1.29 is 43.4 Å². The van der Waals surface area contributed by atoms with E-state index < -0.39 is 96.0 Å². The normalized spacial score (nSPS) is 22.9. The number of para-hydroxylation sites is 1. The molecule has 2 heterocycles. The molecule has 7 N–H and O–H groups in total. The van der Waals surface area contributed by atoms with Crippen molar-refractivity contribution in [1.29, 1.82) is 0 Å². The van der Waals surface area contributed by atoms with Crippen LogP contribution in [0.4, 0.5) is 0 Å². The number of esters is 1. The number of carboxylic acids is 1. The lowest BCUT2D eigenvalue weighted by atomic mass is 9.98. The highest BCUT2D eigenvalue weighted by molar-refractivity contribution is 5.99. The van der Waals surface area contributed by atoms with Crippen molar-refractivity contribution in [3.05, 3.63) is 36.0 Å². The molecule has 1 aliphatic heterocycles. The quantitative estimate of drug-likeness (QED) is 0.178. The zero-order chi connectivity index (χ0) is 37.3. The van der Waals surface area contributed by atoms with Crippen LogP contribution >= 0.6 is 0 Å². The molecule has 50 heavy (non-hydrogen) atoms. The number of benzene rings is 1. The summed E-state index contributed by atoms with van der Waals surface area (Å²) in [5.74, 6) is -6.59. The van der Waals surface area contributed by atoms with Gasteiger partial charge >= 0.3 is 11.9 Å². The molecule has 1 aromatic carbocycles. The second-order valence-corrected chi connectivity index (χ2v) is 14.4. The summed E-state index contributed by atoms with van der Waals surface area (Å²) in [5, 5.41) is 23.3. The third kappa shape index (κ3) is 11.6. The number of nitrogens with one attached hydrogen (secondary N) is 6. The average molecular weight is 699 g/mol. The van der Waals surface area contributed by atoms with Gasteiger partial charge in [0.15, 0.2) is 0 Å². The first-order chi connectivity index (χ1) is 23.3. The third-order valence-electron chi connectivity index (χ3n) is 8.02. The Bertz CT molecular complexity index is 1580. The van der Waals surface area contributed by atoms with Gasteiger partial charge in [-0.05, 0) is 57.1 Å². The van der Waals surface area contributed by atoms with Crippen LogP contribution in [0.2, 0.25) is 0 Å². The van der Waals surface area contributed by atoms with Crippen LogP contribution in [0.5, 0.6) is 0 Å². The summed E-state index contributed by atoms with van der Waals surface area (Å²) in [5.41, 5.74) is 0.548. The minimum atomic E-state index is -1.59. The van der Waals surface area contributed by atoms with Crippen LogP contribution in [0.1, 0.15) is 79.7 Å². The van der Waals surface area contributed by atoms with Gasteiger partial charge in [-0.15, -0.1) is 0 Å². The number of ether oxygens (including phenoxy) is 1. The van der Waals surface area contributed by atoms with E-state index in [9.17, 15) is 38.7 Å². The SMILES string of the molecule is CC(C)C[C@@H]1NC(=O)[C@@H](C(C)C)NC(=O)[C@H](CCC(=O)O)NC(=O)[C@@H](CC(=O)OC(C)(C)C)NC(=O)[C@@H](Cc2c[nH]c3ccccc23)NC1=O. The first kappa shape index (κ1) is 39.5. The Hall–Kier alpha value is -4.95. The number of aromatic amines is 1. The van der Waals surface area contributed by atoms with E-state index in [-0.39, 0.29) is 25.2 Å². The number of aliphatic carboxylic acids is 1.